The first-order valence-electron chi connectivity index (χ1n) is 4.87. The Morgan fingerprint density at radius 1 is 1.36 bits per heavy atom. The molecule has 0 saturated heterocycles. The first kappa shape index (κ1) is 9.49. The molecular weight excluding hydrogens is 178 g/mol. The summed E-state index contributed by atoms with van der Waals surface area (Å²) in [5.74, 6) is 1.48. The maximum absolute atomic E-state index is 8.70. The Kier molecular flexibility index (Phi) is 2.70. The highest BCUT2D eigenvalue weighted by Gasteiger charge is 2.31. The van der Waals surface area contributed by atoms with Gasteiger partial charge in [-0.1, -0.05) is 18.2 Å². The summed E-state index contributed by atoms with van der Waals surface area (Å²) in [7, 11) is 1.69. The number of nitrogens with one attached hydrogen (secondary N) is 1. The standard InChI is InChI=1S/C11H15NO2/c1-14-11-5-3-2-4-10(11)8-6-9(7-8)12-13/h2-5,8-9,12-13H,6-7H2,1H3. The molecule has 0 aliphatic heterocycles. The van der Waals surface area contributed by atoms with E-state index in [-0.39, 0.29) is 6.04 Å². The van der Waals surface area contributed by atoms with Crippen LogP contribution >= 0.6 is 0 Å². The highest BCUT2D eigenvalue weighted by molar-refractivity contribution is 5.37. The van der Waals surface area contributed by atoms with Crippen molar-refractivity contribution in [2.45, 2.75) is 24.8 Å². The highest BCUT2D eigenvalue weighted by atomic mass is 16.5. The van der Waals surface area contributed by atoms with Gasteiger partial charge in [0.25, 0.3) is 0 Å². The zero-order valence-electron chi connectivity index (χ0n) is 8.23. The van der Waals surface area contributed by atoms with Crippen LogP contribution in [-0.4, -0.2) is 18.4 Å². The lowest BCUT2D eigenvalue weighted by molar-refractivity contribution is 0.0777. The van der Waals surface area contributed by atoms with Gasteiger partial charge in [-0.3, -0.25) is 0 Å². The Bertz CT molecular complexity index is 308. The highest BCUT2D eigenvalue weighted by Crippen LogP contribution is 2.40. The monoisotopic (exact) mass is 193 g/mol. The first-order valence-corrected chi connectivity index (χ1v) is 4.87. The lowest BCUT2D eigenvalue weighted by Crippen LogP contribution is -2.38. The summed E-state index contributed by atoms with van der Waals surface area (Å²) < 4.78 is 5.29. The molecule has 0 atom stereocenters. The molecule has 0 amide bonds. The van der Waals surface area contributed by atoms with Crippen molar-refractivity contribution < 1.29 is 9.94 Å². The van der Waals surface area contributed by atoms with Gasteiger partial charge in [-0.05, 0) is 30.4 Å². The molecule has 1 aliphatic rings. The fourth-order valence-corrected chi connectivity index (χ4v) is 1.98. The van der Waals surface area contributed by atoms with Crippen LogP contribution in [0.3, 0.4) is 0 Å². The van der Waals surface area contributed by atoms with Crippen LogP contribution in [0.5, 0.6) is 5.75 Å². The summed E-state index contributed by atoms with van der Waals surface area (Å²) in [4.78, 5) is 0. The van der Waals surface area contributed by atoms with Crippen LogP contribution < -0.4 is 10.2 Å². The Morgan fingerprint density at radius 2 is 2.07 bits per heavy atom. The summed E-state index contributed by atoms with van der Waals surface area (Å²) in [5, 5.41) is 8.70. The van der Waals surface area contributed by atoms with E-state index in [0.717, 1.165) is 18.6 Å². The number of rotatable bonds is 3. The molecule has 1 aromatic rings. The maximum atomic E-state index is 8.70. The SMILES string of the molecule is COc1ccccc1C1CC(NO)C1. The Morgan fingerprint density at radius 3 is 2.71 bits per heavy atom. The average molecular weight is 193 g/mol. The topological polar surface area (TPSA) is 41.5 Å². The molecule has 3 heteroatoms. The number of hydrogen-bond donors (Lipinski definition) is 2. The van der Waals surface area contributed by atoms with Gasteiger partial charge in [0.1, 0.15) is 5.75 Å². The van der Waals surface area contributed by atoms with Crippen LogP contribution in [0.25, 0.3) is 0 Å². The van der Waals surface area contributed by atoms with Crippen LogP contribution in [0.15, 0.2) is 24.3 Å². The smallest absolute Gasteiger partial charge is 0.122 e. The van der Waals surface area contributed by atoms with Crippen molar-refractivity contribution in [1.82, 2.24) is 5.48 Å². The lowest BCUT2D eigenvalue weighted by atomic mass is 9.76. The van der Waals surface area contributed by atoms with Crippen LogP contribution in [0.4, 0.5) is 0 Å². The Hall–Kier alpha value is -1.06. The second kappa shape index (κ2) is 3.98. The van der Waals surface area contributed by atoms with Gasteiger partial charge >= 0.3 is 0 Å². The van der Waals surface area contributed by atoms with Gasteiger partial charge in [-0.25, -0.2) is 5.48 Å². The molecule has 0 bridgehead atoms. The molecule has 2 N–H and O–H groups in total. The molecule has 1 aromatic carbocycles. The fourth-order valence-electron chi connectivity index (χ4n) is 1.98. The quantitative estimate of drug-likeness (QED) is 0.721. The third-order valence-electron chi connectivity index (χ3n) is 2.90. The minimum atomic E-state index is 0.255. The average Bonchev–Trinajstić information content (AvgIpc) is 2.17. The largest absolute Gasteiger partial charge is 0.496 e. The molecule has 0 aromatic heterocycles. The molecule has 1 saturated carbocycles. The number of hydrogen-bond acceptors (Lipinski definition) is 3. The summed E-state index contributed by atoms with van der Waals surface area (Å²) in [5.41, 5.74) is 3.55. The van der Waals surface area contributed by atoms with E-state index >= 15 is 0 Å². The molecule has 14 heavy (non-hydrogen) atoms. The zero-order valence-corrected chi connectivity index (χ0v) is 8.23. The molecule has 76 valence electrons. The van der Waals surface area contributed by atoms with Gasteiger partial charge in [0.15, 0.2) is 0 Å². The van der Waals surface area contributed by atoms with Crippen LogP contribution in [0.2, 0.25) is 0 Å². The molecule has 2 rings (SSSR count). The summed E-state index contributed by atoms with van der Waals surface area (Å²) in [6.07, 6.45) is 1.97. The third-order valence-corrected chi connectivity index (χ3v) is 2.90. The van der Waals surface area contributed by atoms with Crippen molar-refractivity contribution in [3.63, 3.8) is 0 Å². The second-order valence-corrected chi connectivity index (χ2v) is 3.74. The Balaban J connectivity index is 2.10. The van der Waals surface area contributed by atoms with Crippen LogP contribution in [0, 0.1) is 0 Å². The van der Waals surface area contributed by atoms with Gasteiger partial charge in [0, 0.05) is 6.04 Å². The van der Waals surface area contributed by atoms with E-state index in [0.29, 0.717) is 5.92 Å². The molecule has 0 heterocycles. The maximum Gasteiger partial charge on any atom is 0.122 e. The number of benzene rings is 1. The molecule has 1 aliphatic carbocycles. The fraction of sp³-hybridized carbons (Fsp3) is 0.455. The predicted octanol–water partition coefficient (Wildman–Crippen LogP) is 1.92. The second-order valence-electron chi connectivity index (χ2n) is 3.74. The third kappa shape index (κ3) is 1.61. The van der Waals surface area contributed by atoms with Crippen LogP contribution in [-0.2, 0) is 0 Å². The van der Waals surface area contributed by atoms with E-state index in [9.17, 15) is 0 Å². The van der Waals surface area contributed by atoms with Crippen molar-refractivity contribution in [1.29, 1.82) is 0 Å². The molecule has 0 spiro atoms. The van der Waals surface area contributed by atoms with E-state index in [1.165, 1.54) is 5.56 Å². The van der Waals surface area contributed by atoms with Gasteiger partial charge < -0.3 is 9.94 Å². The van der Waals surface area contributed by atoms with Gasteiger partial charge in [0.2, 0.25) is 0 Å². The molecular formula is C11H15NO2. The van der Waals surface area contributed by atoms with Crippen molar-refractivity contribution in [3.05, 3.63) is 29.8 Å². The Labute approximate surface area is 83.7 Å². The van der Waals surface area contributed by atoms with E-state index in [1.54, 1.807) is 7.11 Å². The molecule has 3 nitrogen and oxygen atoms in total. The minimum absolute atomic E-state index is 0.255. The predicted molar refractivity (Wildman–Crippen MR) is 53.7 cm³/mol. The molecule has 0 radical (unpaired) electrons. The normalized spacial score (nSPS) is 25.6. The van der Waals surface area contributed by atoms with Gasteiger partial charge in [-0.15, -0.1) is 0 Å². The van der Waals surface area contributed by atoms with E-state index in [2.05, 4.69) is 11.5 Å². The number of para-hydroxylation sites is 1. The van der Waals surface area contributed by atoms with Crippen molar-refractivity contribution in [3.8, 4) is 5.75 Å². The van der Waals surface area contributed by atoms with Crippen molar-refractivity contribution in [2.75, 3.05) is 7.11 Å². The number of ether oxygens (including phenoxy) is 1. The van der Waals surface area contributed by atoms with Gasteiger partial charge in [0.05, 0.1) is 7.11 Å². The summed E-state index contributed by atoms with van der Waals surface area (Å²) in [6.45, 7) is 0. The number of methoxy groups -OCH3 is 1. The summed E-state index contributed by atoms with van der Waals surface area (Å²) in [6, 6.07) is 8.33. The van der Waals surface area contributed by atoms with Crippen molar-refractivity contribution >= 4 is 0 Å². The molecule has 0 unspecified atom stereocenters. The number of hydroxylamine groups is 1. The van der Waals surface area contributed by atoms with E-state index in [1.807, 2.05) is 18.2 Å². The molecule has 1 fully saturated rings. The lowest BCUT2D eigenvalue weighted by Gasteiger charge is -2.35. The zero-order chi connectivity index (χ0) is 9.97. The van der Waals surface area contributed by atoms with Crippen molar-refractivity contribution in [2.24, 2.45) is 0 Å². The summed E-state index contributed by atoms with van der Waals surface area (Å²) >= 11 is 0. The van der Waals surface area contributed by atoms with Gasteiger partial charge in [-0.2, -0.15) is 0 Å². The van der Waals surface area contributed by atoms with Crippen LogP contribution in [0.1, 0.15) is 24.3 Å². The van der Waals surface area contributed by atoms with E-state index in [4.69, 9.17) is 9.94 Å². The van der Waals surface area contributed by atoms with E-state index < -0.39 is 0 Å². The first-order chi connectivity index (χ1) is 6.85. The minimum Gasteiger partial charge on any atom is -0.496 e.